The first-order valence-corrected chi connectivity index (χ1v) is 17.3. The Hall–Kier alpha value is -7.29. The highest BCUT2D eigenvalue weighted by atomic mass is 15.0. The van der Waals surface area contributed by atoms with Crippen molar-refractivity contribution in [1.29, 1.82) is 0 Å². The van der Waals surface area contributed by atoms with Gasteiger partial charge in [-0.1, -0.05) is 121 Å². The highest BCUT2D eigenvalue weighted by Crippen LogP contribution is 2.42. The van der Waals surface area contributed by atoms with Gasteiger partial charge < -0.3 is 9.13 Å². The molecule has 0 aliphatic rings. The molecule has 5 nitrogen and oxygen atoms in total. The Labute approximate surface area is 300 Å². The van der Waals surface area contributed by atoms with E-state index in [-0.39, 0.29) is 0 Å². The lowest BCUT2D eigenvalue weighted by Crippen LogP contribution is -1.97. The Morgan fingerprint density at radius 2 is 1.02 bits per heavy atom. The van der Waals surface area contributed by atoms with E-state index in [0.29, 0.717) is 11.5 Å². The van der Waals surface area contributed by atoms with Gasteiger partial charge in [0.2, 0.25) is 0 Å². The number of rotatable bonds is 5. The van der Waals surface area contributed by atoms with Crippen molar-refractivity contribution in [3.05, 3.63) is 187 Å². The van der Waals surface area contributed by atoms with E-state index in [2.05, 4.69) is 147 Å². The van der Waals surface area contributed by atoms with Crippen molar-refractivity contribution in [3.63, 3.8) is 0 Å². The minimum atomic E-state index is 0.560. The smallest absolute Gasteiger partial charge is 0.187 e. The molecule has 3 heterocycles. The van der Waals surface area contributed by atoms with E-state index in [0.717, 1.165) is 45.0 Å². The average Bonchev–Trinajstić information content (AvgIpc) is 3.74. The molecule has 0 saturated heterocycles. The summed E-state index contributed by atoms with van der Waals surface area (Å²) in [5.41, 5.74) is 11.9. The number of aromatic nitrogens is 4. The van der Waals surface area contributed by atoms with Gasteiger partial charge in [-0.15, -0.1) is 0 Å². The van der Waals surface area contributed by atoms with Crippen LogP contribution in [0.3, 0.4) is 0 Å². The maximum absolute atomic E-state index is 7.54. The Kier molecular flexibility index (Phi) is 6.80. The number of nitrogens with zero attached hydrogens (tertiary/aromatic N) is 5. The van der Waals surface area contributed by atoms with Gasteiger partial charge >= 0.3 is 0 Å². The molecule has 52 heavy (non-hydrogen) atoms. The molecule has 10 rings (SSSR count). The summed E-state index contributed by atoms with van der Waals surface area (Å²) in [6.07, 6.45) is 0. The van der Waals surface area contributed by atoms with E-state index in [1.54, 1.807) is 6.07 Å². The predicted octanol–water partition coefficient (Wildman–Crippen LogP) is 12.2. The summed E-state index contributed by atoms with van der Waals surface area (Å²) in [4.78, 5) is 13.6. The van der Waals surface area contributed by atoms with Crippen LogP contribution in [0, 0.1) is 6.57 Å². The van der Waals surface area contributed by atoms with Crippen LogP contribution in [-0.2, 0) is 0 Å². The molecule has 3 aromatic heterocycles. The van der Waals surface area contributed by atoms with E-state index < -0.39 is 0 Å². The van der Waals surface area contributed by atoms with Crippen molar-refractivity contribution in [1.82, 2.24) is 19.1 Å². The first-order chi connectivity index (χ1) is 25.7. The molecule has 0 fully saturated rings. The number of fused-ring (bicyclic) bond motifs is 7. The predicted molar refractivity (Wildman–Crippen MR) is 213 cm³/mol. The van der Waals surface area contributed by atoms with Gasteiger partial charge in [-0.25, -0.2) is 14.8 Å². The molecule has 10 aromatic rings. The molecule has 0 aliphatic heterocycles. The van der Waals surface area contributed by atoms with E-state index in [9.17, 15) is 0 Å². The Morgan fingerprint density at radius 3 is 1.75 bits per heavy atom. The van der Waals surface area contributed by atoms with Crippen molar-refractivity contribution in [2.45, 2.75) is 0 Å². The zero-order valence-electron chi connectivity index (χ0n) is 28.0. The van der Waals surface area contributed by atoms with Gasteiger partial charge in [0, 0.05) is 49.6 Å². The summed E-state index contributed by atoms with van der Waals surface area (Å²) in [6.45, 7) is 7.54. The van der Waals surface area contributed by atoms with Crippen LogP contribution in [0.2, 0.25) is 0 Å². The first-order valence-electron chi connectivity index (χ1n) is 17.3. The van der Waals surface area contributed by atoms with Gasteiger partial charge in [0.25, 0.3) is 0 Å². The highest BCUT2D eigenvalue weighted by Gasteiger charge is 2.21. The molecule has 0 N–H and O–H groups in total. The van der Waals surface area contributed by atoms with Crippen LogP contribution in [0.15, 0.2) is 176 Å². The number of hydrogen-bond acceptors (Lipinski definition) is 2. The van der Waals surface area contributed by atoms with Gasteiger partial charge in [-0.2, -0.15) is 0 Å². The largest absolute Gasteiger partial charge is 0.309 e. The molecular formula is C47H29N5. The molecule has 0 amide bonds. The molecule has 0 bridgehead atoms. The fourth-order valence-electron chi connectivity index (χ4n) is 7.61. The van der Waals surface area contributed by atoms with Crippen LogP contribution >= 0.6 is 0 Å². The topological polar surface area (TPSA) is 40.0 Å². The van der Waals surface area contributed by atoms with E-state index in [1.807, 2.05) is 36.4 Å². The molecule has 5 heteroatoms. The Morgan fingerprint density at radius 1 is 0.423 bits per heavy atom. The fourth-order valence-corrected chi connectivity index (χ4v) is 7.61. The molecule has 0 saturated carbocycles. The van der Waals surface area contributed by atoms with Crippen molar-refractivity contribution in [2.24, 2.45) is 0 Å². The quantitative estimate of drug-likeness (QED) is 0.172. The van der Waals surface area contributed by atoms with Crippen molar-refractivity contribution < 1.29 is 0 Å². The van der Waals surface area contributed by atoms with E-state index in [4.69, 9.17) is 16.5 Å². The summed E-state index contributed by atoms with van der Waals surface area (Å²) in [5.74, 6) is 0.588. The van der Waals surface area contributed by atoms with Gasteiger partial charge in [0.1, 0.15) is 0 Å². The van der Waals surface area contributed by atoms with Gasteiger partial charge in [0.15, 0.2) is 11.5 Å². The lowest BCUT2D eigenvalue weighted by molar-refractivity contribution is 1.17. The van der Waals surface area contributed by atoms with Crippen molar-refractivity contribution in [3.8, 4) is 45.3 Å². The Balaban J connectivity index is 1.19. The first kappa shape index (κ1) is 29.6. The monoisotopic (exact) mass is 663 g/mol. The fraction of sp³-hybridized carbons (Fsp3) is 0. The summed E-state index contributed by atoms with van der Waals surface area (Å²) in [6, 6.07) is 61.0. The maximum Gasteiger partial charge on any atom is 0.187 e. The van der Waals surface area contributed by atoms with E-state index >= 15 is 0 Å². The van der Waals surface area contributed by atoms with Gasteiger partial charge in [-0.05, 0) is 54.6 Å². The minimum absolute atomic E-state index is 0.560. The summed E-state index contributed by atoms with van der Waals surface area (Å²) in [7, 11) is 0. The van der Waals surface area contributed by atoms with Crippen LogP contribution in [0.1, 0.15) is 0 Å². The molecule has 0 atom stereocenters. The average molecular weight is 664 g/mol. The molecule has 0 spiro atoms. The molecule has 0 aliphatic carbocycles. The molecule has 7 aromatic carbocycles. The molecular weight excluding hydrogens is 635 g/mol. The standard InChI is InChI=1S/C47H29N5/c1-48-34-16-12-15-33(29-34)47-49-40(31-13-4-2-5-14-31)30-41(50-47)32-23-25-36(26-24-32)52-42-21-10-8-19-37(42)38-27-28-44-45(46(38)52)39-20-9-11-22-43(39)51(44)35-17-6-3-7-18-35/h2-30H. The van der Waals surface area contributed by atoms with Crippen LogP contribution < -0.4 is 0 Å². The third-order valence-electron chi connectivity index (χ3n) is 9.93. The second-order valence-electron chi connectivity index (χ2n) is 12.9. The zero-order valence-corrected chi connectivity index (χ0v) is 28.0. The molecule has 242 valence electrons. The maximum atomic E-state index is 7.54. The minimum Gasteiger partial charge on any atom is -0.309 e. The lowest BCUT2D eigenvalue weighted by atomic mass is 10.1. The van der Waals surface area contributed by atoms with Crippen LogP contribution in [0.5, 0.6) is 0 Å². The van der Waals surface area contributed by atoms with Crippen LogP contribution in [-0.4, -0.2) is 19.1 Å². The third-order valence-corrected chi connectivity index (χ3v) is 9.93. The SMILES string of the molecule is [C-]#[N+]c1cccc(-c2nc(-c3ccccc3)cc(-c3ccc(-n4c5ccccc5c5ccc6c(c7ccccc7n6-c6ccccc6)c54)cc3)n2)c1. The van der Waals surface area contributed by atoms with Gasteiger partial charge in [-0.3, -0.25) is 0 Å². The molecule has 0 unspecified atom stereocenters. The van der Waals surface area contributed by atoms with Crippen molar-refractivity contribution in [2.75, 3.05) is 0 Å². The molecule has 0 radical (unpaired) electrons. The van der Waals surface area contributed by atoms with E-state index in [1.165, 1.54) is 38.1 Å². The van der Waals surface area contributed by atoms with Crippen molar-refractivity contribution >= 4 is 49.3 Å². The lowest BCUT2D eigenvalue weighted by Gasteiger charge is -2.12. The number of hydrogen-bond donors (Lipinski definition) is 0. The second kappa shape index (κ2) is 11.9. The number of benzene rings is 7. The van der Waals surface area contributed by atoms with Gasteiger partial charge in [0.05, 0.1) is 40.0 Å². The normalized spacial score (nSPS) is 11.4. The Bertz CT molecular complexity index is 3000. The third kappa shape index (κ3) is 4.70. The summed E-state index contributed by atoms with van der Waals surface area (Å²) in [5, 5.41) is 4.89. The zero-order chi connectivity index (χ0) is 34.6. The highest BCUT2D eigenvalue weighted by molar-refractivity contribution is 6.26. The second-order valence-corrected chi connectivity index (χ2v) is 12.9. The van der Waals surface area contributed by atoms with Crippen LogP contribution in [0.25, 0.3) is 93.7 Å². The number of para-hydroxylation sites is 3. The van der Waals surface area contributed by atoms with Crippen LogP contribution in [0.4, 0.5) is 5.69 Å². The summed E-state index contributed by atoms with van der Waals surface area (Å²) < 4.78 is 4.79. The summed E-state index contributed by atoms with van der Waals surface area (Å²) >= 11 is 0.